The largest absolute Gasteiger partial charge is 0.371 e. The van der Waals surface area contributed by atoms with Crippen LogP contribution in [0.25, 0.3) is 0 Å². The third-order valence-corrected chi connectivity index (χ3v) is 2.23. The Morgan fingerprint density at radius 2 is 2.06 bits per heavy atom. The lowest BCUT2D eigenvalue weighted by atomic mass is 10.1. The van der Waals surface area contributed by atoms with E-state index in [0.717, 1.165) is 12.1 Å². The zero-order valence-electron chi connectivity index (χ0n) is 9.30. The molecule has 0 amide bonds. The van der Waals surface area contributed by atoms with Crippen molar-refractivity contribution in [2.45, 2.75) is 26.4 Å². The quantitative estimate of drug-likeness (QED) is 0.774. The van der Waals surface area contributed by atoms with Gasteiger partial charge in [-0.05, 0) is 31.5 Å². The summed E-state index contributed by atoms with van der Waals surface area (Å²) in [7, 11) is 0. The van der Waals surface area contributed by atoms with E-state index in [-0.39, 0.29) is 12.2 Å². The van der Waals surface area contributed by atoms with Crippen LogP contribution in [0, 0.1) is 11.6 Å². The molecule has 88 valence electrons. The SMILES string of the molecule is CCOC(C)C(=O)Cc1ccc(F)c(F)c1. The Hall–Kier alpha value is -1.29. The van der Waals surface area contributed by atoms with Crippen LogP contribution < -0.4 is 0 Å². The Kier molecular flexibility index (Phi) is 4.55. The minimum absolute atomic E-state index is 0.0539. The second-order valence-corrected chi connectivity index (χ2v) is 3.49. The van der Waals surface area contributed by atoms with Crippen LogP contribution in [0.3, 0.4) is 0 Å². The van der Waals surface area contributed by atoms with E-state index in [1.54, 1.807) is 13.8 Å². The molecule has 0 saturated heterocycles. The highest BCUT2D eigenvalue weighted by Gasteiger charge is 2.14. The minimum atomic E-state index is -0.936. The molecule has 2 nitrogen and oxygen atoms in total. The number of benzene rings is 1. The molecule has 1 aromatic rings. The number of rotatable bonds is 5. The first kappa shape index (κ1) is 12.8. The molecule has 0 saturated carbocycles. The van der Waals surface area contributed by atoms with Gasteiger partial charge >= 0.3 is 0 Å². The molecule has 0 aliphatic carbocycles. The van der Waals surface area contributed by atoms with Gasteiger partial charge in [0, 0.05) is 13.0 Å². The molecule has 0 fully saturated rings. The van der Waals surface area contributed by atoms with Crippen LogP contribution in [0.5, 0.6) is 0 Å². The Balaban J connectivity index is 2.66. The molecule has 1 atom stereocenters. The van der Waals surface area contributed by atoms with Crippen molar-refractivity contribution in [1.82, 2.24) is 0 Å². The van der Waals surface area contributed by atoms with Crippen molar-refractivity contribution in [2.75, 3.05) is 6.61 Å². The van der Waals surface area contributed by atoms with Crippen LogP contribution in [0.2, 0.25) is 0 Å². The summed E-state index contributed by atoms with van der Waals surface area (Å²) >= 11 is 0. The molecule has 1 aromatic carbocycles. The molecule has 0 heterocycles. The van der Waals surface area contributed by atoms with E-state index in [1.807, 2.05) is 0 Å². The van der Waals surface area contributed by atoms with Gasteiger partial charge in [-0.15, -0.1) is 0 Å². The van der Waals surface area contributed by atoms with E-state index >= 15 is 0 Å². The van der Waals surface area contributed by atoms with E-state index in [2.05, 4.69) is 0 Å². The number of hydrogen-bond donors (Lipinski definition) is 0. The molecular weight excluding hydrogens is 214 g/mol. The highest BCUT2D eigenvalue weighted by atomic mass is 19.2. The van der Waals surface area contributed by atoms with E-state index < -0.39 is 17.7 Å². The normalized spacial score (nSPS) is 12.5. The van der Waals surface area contributed by atoms with Gasteiger partial charge in [-0.2, -0.15) is 0 Å². The summed E-state index contributed by atoms with van der Waals surface area (Å²) in [5.41, 5.74) is 0.454. The second-order valence-electron chi connectivity index (χ2n) is 3.49. The smallest absolute Gasteiger partial charge is 0.165 e. The highest BCUT2D eigenvalue weighted by Crippen LogP contribution is 2.10. The number of ether oxygens (including phenoxy) is 1. The summed E-state index contributed by atoms with van der Waals surface area (Å²) in [4.78, 5) is 11.6. The molecular formula is C12H14F2O2. The lowest BCUT2D eigenvalue weighted by molar-refractivity contribution is -0.128. The molecule has 0 aliphatic heterocycles. The number of Topliss-reactive ketones (excluding diaryl/α,β-unsaturated/α-hetero) is 1. The maximum absolute atomic E-state index is 12.9. The summed E-state index contributed by atoms with van der Waals surface area (Å²) in [6.07, 6.45) is -0.462. The van der Waals surface area contributed by atoms with Crippen molar-refractivity contribution in [3.63, 3.8) is 0 Å². The Bertz CT molecular complexity index is 377. The van der Waals surface area contributed by atoms with Crippen molar-refractivity contribution in [3.8, 4) is 0 Å². The Morgan fingerprint density at radius 3 is 2.62 bits per heavy atom. The van der Waals surface area contributed by atoms with E-state index in [4.69, 9.17) is 4.74 Å². The first-order chi connectivity index (χ1) is 7.54. The van der Waals surface area contributed by atoms with Crippen molar-refractivity contribution in [2.24, 2.45) is 0 Å². The molecule has 0 bridgehead atoms. The van der Waals surface area contributed by atoms with Crippen molar-refractivity contribution in [3.05, 3.63) is 35.4 Å². The van der Waals surface area contributed by atoms with Gasteiger partial charge in [-0.3, -0.25) is 4.79 Å². The lowest BCUT2D eigenvalue weighted by Gasteiger charge is -2.10. The number of halogens is 2. The fourth-order valence-electron chi connectivity index (χ4n) is 1.34. The predicted molar refractivity (Wildman–Crippen MR) is 56.2 cm³/mol. The van der Waals surface area contributed by atoms with Crippen molar-refractivity contribution in [1.29, 1.82) is 0 Å². The van der Waals surface area contributed by atoms with Crippen LogP contribution in [-0.2, 0) is 16.0 Å². The molecule has 0 N–H and O–H groups in total. The van der Waals surface area contributed by atoms with Gasteiger partial charge in [-0.1, -0.05) is 6.07 Å². The van der Waals surface area contributed by atoms with Gasteiger partial charge in [0.05, 0.1) is 0 Å². The van der Waals surface area contributed by atoms with E-state index in [0.29, 0.717) is 12.2 Å². The number of ketones is 1. The van der Waals surface area contributed by atoms with Crippen LogP contribution in [0.4, 0.5) is 8.78 Å². The molecule has 16 heavy (non-hydrogen) atoms. The van der Waals surface area contributed by atoms with Gasteiger partial charge in [0.2, 0.25) is 0 Å². The average molecular weight is 228 g/mol. The van der Waals surface area contributed by atoms with Crippen LogP contribution in [0.15, 0.2) is 18.2 Å². The van der Waals surface area contributed by atoms with Crippen LogP contribution in [-0.4, -0.2) is 18.5 Å². The molecule has 1 rings (SSSR count). The maximum atomic E-state index is 12.9. The third-order valence-electron chi connectivity index (χ3n) is 2.23. The fourth-order valence-corrected chi connectivity index (χ4v) is 1.34. The van der Waals surface area contributed by atoms with Crippen molar-refractivity contribution < 1.29 is 18.3 Å². The monoisotopic (exact) mass is 228 g/mol. The molecule has 0 radical (unpaired) electrons. The summed E-state index contributed by atoms with van der Waals surface area (Å²) in [6, 6.07) is 3.45. The first-order valence-electron chi connectivity index (χ1n) is 5.12. The molecule has 1 unspecified atom stereocenters. The fraction of sp³-hybridized carbons (Fsp3) is 0.417. The van der Waals surface area contributed by atoms with Crippen LogP contribution in [0.1, 0.15) is 19.4 Å². The van der Waals surface area contributed by atoms with E-state index in [1.165, 1.54) is 6.07 Å². The van der Waals surface area contributed by atoms with Gasteiger partial charge < -0.3 is 4.74 Å². The zero-order chi connectivity index (χ0) is 12.1. The van der Waals surface area contributed by atoms with E-state index in [9.17, 15) is 13.6 Å². The molecule has 0 aliphatic rings. The summed E-state index contributed by atoms with van der Waals surface area (Å²) < 4.78 is 30.6. The predicted octanol–water partition coefficient (Wildman–Crippen LogP) is 2.50. The average Bonchev–Trinajstić information content (AvgIpc) is 2.24. The molecule has 0 aromatic heterocycles. The number of carbonyl (C=O) groups is 1. The Morgan fingerprint density at radius 1 is 1.38 bits per heavy atom. The van der Waals surface area contributed by atoms with Crippen molar-refractivity contribution >= 4 is 5.78 Å². The van der Waals surface area contributed by atoms with Gasteiger partial charge in [-0.25, -0.2) is 8.78 Å². The summed E-state index contributed by atoms with van der Waals surface area (Å²) in [5, 5.41) is 0. The summed E-state index contributed by atoms with van der Waals surface area (Å²) in [6.45, 7) is 3.89. The zero-order valence-corrected chi connectivity index (χ0v) is 9.30. The topological polar surface area (TPSA) is 26.3 Å². The Labute approximate surface area is 93.2 Å². The standard InChI is InChI=1S/C12H14F2O2/c1-3-16-8(2)12(15)7-9-4-5-10(13)11(14)6-9/h4-6,8H,3,7H2,1-2H3. The van der Waals surface area contributed by atoms with Crippen LogP contribution >= 0.6 is 0 Å². The third kappa shape index (κ3) is 3.38. The second kappa shape index (κ2) is 5.70. The lowest BCUT2D eigenvalue weighted by Crippen LogP contribution is -2.22. The summed E-state index contributed by atoms with van der Waals surface area (Å²) in [5.74, 6) is -1.99. The van der Waals surface area contributed by atoms with Gasteiger partial charge in [0.15, 0.2) is 17.4 Å². The highest BCUT2D eigenvalue weighted by molar-refractivity contribution is 5.84. The van der Waals surface area contributed by atoms with Gasteiger partial charge in [0.25, 0.3) is 0 Å². The first-order valence-corrected chi connectivity index (χ1v) is 5.12. The van der Waals surface area contributed by atoms with Gasteiger partial charge in [0.1, 0.15) is 6.10 Å². The number of hydrogen-bond acceptors (Lipinski definition) is 2. The number of carbonyl (C=O) groups excluding carboxylic acids is 1. The molecule has 0 spiro atoms. The molecule has 4 heteroatoms. The minimum Gasteiger partial charge on any atom is -0.371 e. The maximum Gasteiger partial charge on any atom is 0.165 e.